The zero-order chi connectivity index (χ0) is 20.1. The fourth-order valence-electron chi connectivity index (χ4n) is 3.93. The minimum atomic E-state index is 0.0424. The Morgan fingerprint density at radius 1 is 1.14 bits per heavy atom. The van der Waals surface area contributed by atoms with Crippen LogP contribution in [0.25, 0.3) is 0 Å². The molecule has 1 heterocycles. The van der Waals surface area contributed by atoms with E-state index in [1.165, 1.54) is 18.4 Å². The van der Waals surface area contributed by atoms with Gasteiger partial charge in [-0.3, -0.25) is 9.69 Å². The number of nitrogens with zero attached hydrogens (tertiary/aromatic N) is 2. The molecule has 0 spiro atoms. The Morgan fingerprint density at radius 3 is 2.72 bits per heavy atom. The number of morpholine rings is 1. The highest BCUT2D eigenvalue weighted by Crippen LogP contribution is 2.30. The highest BCUT2D eigenvalue weighted by atomic mass is 16.5. The molecule has 0 N–H and O–H groups in total. The van der Waals surface area contributed by atoms with E-state index in [2.05, 4.69) is 17.0 Å². The van der Waals surface area contributed by atoms with Crippen molar-refractivity contribution < 1.29 is 14.3 Å². The van der Waals surface area contributed by atoms with Crippen LogP contribution >= 0.6 is 0 Å². The first-order valence-electron chi connectivity index (χ1n) is 10.5. The van der Waals surface area contributed by atoms with Crippen LogP contribution in [0.4, 0.5) is 0 Å². The zero-order valence-electron chi connectivity index (χ0n) is 17.1. The lowest BCUT2D eigenvalue weighted by Crippen LogP contribution is -2.49. The molecular weight excluding hydrogens is 364 g/mol. The van der Waals surface area contributed by atoms with E-state index >= 15 is 0 Å². The maximum absolute atomic E-state index is 13.1. The molecule has 1 saturated heterocycles. The zero-order valence-corrected chi connectivity index (χ0v) is 17.1. The third-order valence-electron chi connectivity index (χ3n) is 5.67. The van der Waals surface area contributed by atoms with Gasteiger partial charge in [-0.05, 0) is 48.6 Å². The van der Waals surface area contributed by atoms with Crippen LogP contribution in [0.2, 0.25) is 0 Å². The van der Waals surface area contributed by atoms with E-state index in [4.69, 9.17) is 9.47 Å². The minimum Gasteiger partial charge on any atom is -0.497 e. The monoisotopic (exact) mass is 394 g/mol. The van der Waals surface area contributed by atoms with E-state index in [0.717, 1.165) is 37.5 Å². The van der Waals surface area contributed by atoms with Crippen molar-refractivity contribution in [3.63, 3.8) is 0 Å². The minimum absolute atomic E-state index is 0.0424. The Labute approximate surface area is 173 Å². The molecule has 0 bridgehead atoms. The molecule has 29 heavy (non-hydrogen) atoms. The van der Waals surface area contributed by atoms with Gasteiger partial charge in [0.05, 0.1) is 19.8 Å². The summed E-state index contributed by atoms with van der Waals surface area (Å²) in [6.45, 7) is 4.80. The van der Waals surface area contributed by atoms with E-state index in [1.54, 1.807) is 7.11 Å². The van der Waals surface area contributed by atoms with Crippen LogP contribution in [0.15, 0.2) is 54.6 Å². The molecule has 0 aromatic heterocycles. The molecule has 2 fully saturated rings. The molecule has 1 amide bonds. The van der Waals surface area contributed by atoms with E-state index in [9.17, 15) is 4.79 Å². The van der Waals surface area contributed by atoms with Gasteiger partial charge < -0.3 is 14.4 Å². The number of ether oxygens (including phenoxy) is 2. The lowest BCUT2D eigenvalue weighted by atomic mass is 10.1. The molecule has 154 valence electrons. The normalized spacial score (nSPS) is 19.7. The summed E-state index contributed by atoms with van der Waals surface area (Å²) in [6, 6.07) is 17.8. The number of amides is 1. The third-order valence-corrected chi connectivity index (χ3v) is 5.67. The van der Waals surface area contributed by atoms with Crippen molar-refractivity contribution in [2.45, 2.75) is 25.5 Å². The van der Waals surface area contributed by atoms with Crippen molar-refractivity contribution in [3.05, 3.63) is 65.7 Å². The number of methoxy groups -OCH3 is 1. The van der Waals surface area contributed by atoms with Crippen molar-refractivity contribution in [2.24, 2.45) is 5.92 Å². The molecule has 2 aromatic carbocycles. The number of carbonyl (C=O) groups excluding carboxylic acids is 1. The van der Waals surface area contributed by atoms with Crippen molar-refractivity contribution in [2.75, 3.05) is 39.9 Å². The quantitative estimate of drug-likeness (QED) is 0.688. The lowest BCUT2D eigenvalue weighted by molar-refractivity contribution is -0.0433. The number of rotatable bonds is 8. The summed E-state index contributed by atoms with van der Waals surface area (Å²) in [4.78, 5) is 17.5. The summed E-state index contributed by atoms with van der Waals surface area (Å²) < 4.78 is 11.4. The fraction of sp³-hybridized carbons (Fsp3) is 0.458. The van der Waals surface area contributed by atoms with Crippen LogP contribution in [0.1, 0.15) is 28.8 Å². The molecular formula is C24H30N2O3. The van der Waals surface area contributed by atoms with Gasteiger partial charge in [-0.15, -0.1) is 0 Å². The molecule has 1 saturated carbocycles. The van der Waals surface area contributed by atoms with Gasteiger partial charge in [0.2, 0.25) is 0 Å². The maximum Gasteiger partial charge on any atom is 0.253 e. The Balaban J connectivity index is 1.38. The van der Waals surface area contributed by atoms with Gasteiger partial charge in [0, 0.05) is 38.3 Å². The van der Waals surface area contributed by atoms with Crippen LogP contribution in [-0.2, 0) is 11.3 Å². The largest absolute Gasteiger partial charge is 0.497 e. The lowest BCUT2D eigenvalue weighted by Gasteiger charge is -2.36. The van der Waals surface area contributed by atoms with Crippen LogP contribution in [0.3, 0.4) is 0 Å². The topological polar surface area (TPSA) is 42.0 Å². The number of benzene rings is 2. The standard InChI is InChI=1S/C24H30N2O3/c1-28-22-9-5-6-20(14-22)15-25-12-13-29-23(17-25)18-26(16-19-10-11-19)24(27)21-7-3-2-4-8-21/h2-9,14,19,23H,10-13,15-18H2,1H3. The van der Waals surface area contributed by atoms with Crippen molar-refractivity contribution in [3.8, 4) is 5.75 Å². The summed E-state index contributed by atoms with van der Waals surface area (Å²) in [5.41, 5.74) is 2.00. The third kappa shape index (κ3) is 5.58. The smallest absolute Gasteiger partial charge is 0.253 e. The van der Waals surface area contributed by atoms with E-state index in [1.807, 2.05) is 47.4 Å². The molecule has 1 atom stereocenters. The van der Waals surface area contributed by atoms with Gasteiger partial charge in [-0.1, -0.05) is 30.3 Å². The summed E-state index contributed by atoms with van der Waals surface area (Å²) in [7, 11) is 1.70. The summed E-state index contributed by atoms with van der Waals surface area (Å²) in [5.74, 6) is 1.65. The molecule has 1 aliphatic carbocycles. The number of hydrogen-bond acceptors (Lipinski definition) is 4. The molecule has 4 rings (SSSR count). The molecule has 0 radical (unpaired) electrons. The molecule has 2 aromatic rings. The van der Waals surface area contributed by atoms with Gasteiger partial charge >= 0.3 is 0 Å². The van der Waals surface area contributed by atoms with Gasteiger partial charge in [0.1, 0.15) is 5.75 Å². The first-order chi connectivity index (χ1) is 14.2. The Hall–Kier alpha value is -2.37. The number of hydrogen-bond donors (Lipinski definition) is 0. The number of carbonyl (C=O) groups is 1. The summed E-state index contributed by atoms with van der Waals surface area (Å²) in [5, 5.41) is 0. The molecule has 2 aliphatic rings. The van der Waals surface area contributed by atoms with Gasteiger partial charge in [0.25, 0.3) is 5.91 Å². The maximum atomic E-state index is 13.1. The van der Waals surface area contributed by atoms with Gasteiger partial charge in [0.15, 0.2) is 0 Å². The van der Waals surface area contributed by atoms with Crippen molar-refractivity contribution >= 4 is 5.91 Å². The second kappa shape index (κ2) is 9.42. The van der Waals surface area contributed by atoms with Crippen LogP contribution in [0.5, 0.6) is 5.75 Å². The first kappa shape index (κ1) is 19.9. The summed E-state index contributed by atoms with van der Waals surface area (Å²) in [6.07, 6.45) is 2.50. The Kier molecular flexibility index (Phi) is 6.47. The highest BCUT2D eigenvalue weighted by molar-refractivity contribution is 5.94. The SMILES string of the molecule is COc1cccc(CN2CCOC(CN(CC3CC3)C(=O)c3ccccc3)C2)c1. The molecule has 1 aliphatic heterocycles. The molecule has 5 heteroatoms. The Morgan fingerprint density at radius 2 is 1.97 bits per heavy atom. The molecule has 5 nitrogen and oxygen atoms in total. The summed E-state index contributed by atoms with van der Waals surface area (Å²) >= 11 is 0. The first-order valence-corrected chi connectivity index (χ1v) is 10.5. The van der Waals surface area contributed by atoms with Gasteiger partial charge in [-0.25, -0.2) is 0 Å². The molecule has 1 unspecified atom stereocenters. The predicted molar refractivity (Wildman–Crippen MR) is 113 cm³/mol. The fourth-order valence-corrected chi connectivity index (χ4v) is 3.93. The van der Waals surface area contributed by atoms with Crippen LogP contribution < -0.4 is 4.74 Å². The van der Waals surface area contributed by atoms with Crippen LogP contribution in [-0.4, -0.2) is 61.7 Å². The van der Waals surface area contributed by atoms with Gasteiger partial charge in [-0.2, -0.15) is 0 Å². The second-order valence-electron chi connectivity index (χ2n) is 8.10. The average Bonchev–Trinajstić information content (AvgIpc) is 3.58. The second-order valence-corrected chi connectivity index (χ2v) is 8.10. The van der Waals surface area contributed by atoms with E-state index in [0.29, 0.717) is 19.1 Å². The highest BCUT2D eigenvalue weighted by Gasteiger charge is 2.30. The van der Waals surface area contributed by atoms with E-state index < -0.39 is 0 Å². The van der Waals surface area contributed by atoms with Crippen molar-refractivity contribution in [1.29, 1.82) is 0 Å². The average molecular weight is 395 g/mol. The van der Waals surface area contributed by atoms with Crippen LogP contribution in [0, 0.1) is 5.92 Å². The predicted octanol–water partition coefficient (Wildman–Crippen LogP) is 3.45. The Bertz CT molecular complexity index is 807. The van der Waals surface area contributed by atoms with E-state index in [-0.39, 0.29) is 12.0 Å². The van der Waals surface area contributed by atoms with Crippen molar-refractivity contribution in [1.82, 2.24) is 9.80 Å².